The molecule has 2 N–H and O–H groups in total. The van der Waals surface area contributed by atoms with Crippen LogP contribution in [0.2, 0.25) is 0 Å². The van der Waals surface area contributed by atoms with Crippen molar-refractivity contribution in [2.24, 2.45) is 0 Å². The molecule has 0 aromatic heterocycles. The summed E-state index contributed by atoms with van der Waals surface area (Å²) in [6.45, 7) is 0. The topological polar surface area (TPSA) is 96.3 Å². The first-order valence-corrected chi connectivity index (χ1v) is 9.44. The Kier molecular flexibility index (Phi) is 4.83. The van der Waals surface area contributed by atoms with E-state index in [4.69, 9.17) is 9.47 Å². The number of phenols is 1. The zero-order valence-electron chi connectivity index (χ0n) is 14.7. The summed E-state index contributed by atoms with van der Waals surface area (Å²) in [4.78, 5) is 0.118. The molecule has 0 saturated heterocycles. The fraction of sp³-hybridized carbons (Fsp3) is 0.333. The van der Waals surface area contributed by atoms with Crippen molar-refractivity contribution in [2.45, 2.75) is 23.5 Å². The molecule has 0 fully saturated rings. The lowest BCUT2D eigenvalue weighted by atomic mass is 9.95. The number of methoxy groups -OCH3 is 2. The molecule has 0 bridgehead atoms. The average Bonchev–Trinajstić information content (AvgIpc) is 2.65. The van der Waals surface area contributed by atoms with Gasteiger partial charge in [0.05, 0.1) is 31.3 Å². The number of sulfonamides is 1. The zero-order chi connectivity index (χ0) is 19.1. The van der Waals surface area contributed by atoms with Gasteiger partial charge in [-0.15, -0.1) is 0 Å². The smallest absolute Gasteiger partial charge is 0.243 e. The molecule has 1 aliphatic heterocycles. The minimum absolute atomic E-state index is 0.118. The largest absolute Gasteiger partial charge is 0.502 e. The zero-order valence-corrected chi connectivity index (χ0v) is 15.5. The Labute approximate surface area is 152 Å². The van der Waals surface area contributed by atoms with E-state index in [1.807, 2.05) is 0 Å². The number of likely N-dealkylation sites (N-methyl/N-ethyl adjacent to an activating group) is 1. The number of ether oxygens (including phenoxy) is 2. The van der Waals surface area contributed by atoms with Crippen molar-refractivity contribution in [2.75, 3.05) is 21.3 Å². The third-order valence-corrected chi connectivity index (χ3v) is 6.67. The molecule has 0 aliphatic carbocycles. The van der Waals surface area contributed by atoms with Crippen LogP contribution in [0.5, 0.6) is 17.2 Å². The Bertz CT molecular complexity index is 902. The van der Waals surface area contributed by atoms with Gasteiger partial charge >= 0.3 is 0 Å². The molecule has 2 aromatic carbocycles. The van der Waals surface area contributed by atoms with Crippen molar-refractivity contribution >= 4 is 10.0 Å². The SMILES string of the molecule is COc1cc(CC2C(O)c3ccccc3S(=O)(=O)N2C)cc(OC)c1O. The van der Waals surface area contributed by atoms with Gasteiger partial charge in [-0.25, -0.2) is 8.42 Å². The summed E-state index contributed by atoms with van der Waals surface area (Å²) < 4.78 is 37.0. The standard InChI is InChI=1S/C18H21NO6S/c1-19-13(8-11-9-14(24-2)18(21)15(10-11)25-3)17(20)12-6-4-5-7-16(12)26(19,22)23/h4-7,9-10,13,17,20-21H,8H2,1-3H3. The summed E-state index contributed by atoms with van der Waals surface area (Å²) in [5, 5.41) is 20.8. The highest BCUT2D eigenvalue weighted by Gasteiger charge is 2.41. The third-order valence-electron chi connectivity index (χ3n) is 4.71. The van der Waals surface area contributed by atoms with E-state index in [9.17, 15) is 18.6 Å². The van der Waals surface area contributed by atoms with Crippen molar-refractivity contribution in [1.82, 2.24) is 4.31 Å². The van der Waals surface area contributed by atoms with Crippen molar-refractivity contribution in [3.63, 3.8) is 0 Å². The summed E-state index contributed by atoms with van der Waals surface area (Å²) >= 11 is 0. The Morgan fingerprint density at radius 2 is 1.69 bits per heavy atom. The quantitative estimate of drug-likeness (QED) is 0.839. The molecule has 26 heavy (non-hydrogen) atoms. The molecule has 2 aromatic rings. The number of aliphatic hydroxyl groups is 1. The van der Waals surface area contributed by atoms with Crippen molar-refractivity contribution in [1.29, 1.82) is 0 Å². The first kappa shape index (κ1) is 18.5. The summed E-state index contributed by atoms with van der Waals surface area (Å²) in [6, 6.07) is 8.95. The fourth-order valence-electron chi connectivity index (χ4n) is 3.25. The molecule has 3 rings (SSSR count). The summed E-state index contributed by atoms with van der Waals surface area (Å²) in [6.07, 6.45) is -0.761. The minimum atomic E-state index is -3.70. The van der Waals surface area contributed by atoms with Crippen LogP contribution in [-0.2, 0) is 16.4 Å². The van der Waals surface area contributed by atoms with Crippen LogP contribution in [0.3, 0.4) is 0 Å². The van der Waals surface area contributed by atoms with Crippen molar-refractivity contribution in [3.05, 3.63) is 47.5 Å². The van der Waals surface area contributed by atoms with Crippen molar-refractivity contribution in [3.8, 4) is 17.2 Å². The normalized spacial score (nSPS) is 21.8. The second-order valence-corrected chi connectivity index (χ2v) is 8.09. The Hall–Kier alpha value is -2.29. The average molecular weight is 379 g/mol. The monoisotopic (exact) mass is 379 g/mol. The number of rotatable bonds is 4. The Morgan fingerprint density at radius 3 is 2.27 bits per heavy atom. The van der Waals surface area contributed by atoms with Gasteiger partial charge in [0, 0.05) is 12.6 Å². The van der Waals surface area contributed by atoms with E-state index >= 15 is 0 Å². The van der Waals surface area contributed by atoms with E-state index in [-0.39, 0.29) is 28.6 Å². The van der Waals surface area contributed by atoms with E-state index in [1.54, 1.807) is 30.3 Å². The Morgan fingerprint density at radius 1 is 1.12 bits per heavy atom. The van der Waals surface area contributed by atoms with Gasteiger partial charge in [0.15, 0.2) is 11.5 Å². The first-order valence-electron chi connectivity index (χ1n) is 8.00. The molecule has 8 heteroatoms. The van der Waals surface area contributed by atoms with E-state index in [0.29, 0.717) is 11.1 Å². The number of nitrogens with zero attached hydrogens (tertiary/aromatic N) is 1. The lowest BCUT2D eigenvalue weighted by Gasteiger charge is -2.37. The van der Waals surface area contributed by atoms with Gasteiger partial charge in [0.1, 0.15) is 0 Å². The van der Waals surface area contributed by atoms with Crippen LogP contribution in [0.1, 0.15) is 17.2 Å². The van der Waals surface area contributed by atoms with Gasteiger partial charge in [-0.2, -0.15) is 4.31 Å². The maximum absolute atomic E-state index is 12.8. The summed E-state index contributed by atoms with van der Waals surface area (Å²) in [5.41, 5.74) is 1.05. The third kappa shape index (κ3) is 2.90. The number of fused-ring (bicyclic) bond motifs is 1. The predicted octanol–water partition coefficient (Wildman–Crippen LogP) is 1.69. The van der Waals surface area contributed by atoms with Crippen molar-refractivity contribution < 1.29 is 28.1 Å². The number of aromatic hydroxyl groups is 1. The molecule has 7 nitrogen and oxygen atoms in total. The first-order chi connectivity index (χ1) is 12.3. The number of benzene rings is 2. The van der Waals surface area contributed by atoms with Crippen LogP contribution in [0.25, 0.3) is 0 Å². The highest BCUT2D eigenvalue weighted by Crippen LogP contribution is 2.40. The predicted molar refractivity (Wildman–Crippen MR) is 95.1 cm³/mol. The highest BCUT2D eigenvalue weighted by atomic mass is 32.2. The molecule has 0 amide bonds. The van der Waals surface area contributed by atoms with E-state index < -0.39 is 22.2 Å². The molecule has 2 atom stereocenters. The second kappa shape index (κ2) is 6.79. The molecule has 1 heterocycles. The van der Waals surface area contributed by atoms with Crippen LogP contribution in [-0.4, -0.2) is 50.2 Å². The van der Waals surface area contributed by atoms with Crippen LogP contribution in [0, 0.1) is 0 Å². The summed E-state index contributed by atoms with van der Waals surface area (Å²) in [5.74, 6) is 0.306. The van der Waals surface area contributed by atoms with E-state index in [2.05, 4.69) is 0 Å². The van der Waals surface area contributed by atoms with E-state index in [0.717, 1.165) is 0 Å². The van der Waals surface area contributed by atoms with Gasteiger partial charge in [0.25, 0.3) is 0 Å². The maximum Gasteiger partial charge on any atom is 0.243 e. The number of hydrogen-bond donors (Lipinski definition) is 2. The number of phenolic OH excluding ortho intramolecular Hbond substituents is 1. The summed E-state index contributed by atoms with van der Waals surface area (Å²) in [7, 11) is 0.586. The van der Waals surface area contributed by atoms with Gasteiger partial charge in [-0.05, 0) is 30.2 Å². The molecule has 140 valence electrons. The van der Waals surface area contributed by atoms with Crippen LogP contribution in [0.15, 0.2) is 41.3 Å². The lowest BCUT2D eigenvalue weighted by Crippen LogP contribution is -2.46. The van der Waals surface area contributed by atoms with Gasteiger partial charge in [0.2, 0.25) is 15.8 Å². The lowest BCUT2D eigenvalue weighted by molar-refractivity contribution is 0.0891. The maximum atomic E-state index is 12.8. The molecule has 1 aliphatic rings. The van der Waals surface area contributed by atoms with Gasteiger partial charge in [-0.3, -0.25) is 0 Å². The highest BCUT2D eigenvalue weighted by molar-refractivity contribution is 7.89. The van der Waals surface area contributed by atoms with Crippen LogP contribution in [0.4, 0.5) is 0 Å². The molecule has 0 spiro atoms. The van der Waals surface area contributed by atoms with E-state index in [1.165, 1.54) is 31.6 Å². The molecular weight excluding hydrogens is 358 g/mol. The van der Waals surface area contributed by atoms with Gasteiger partial charge in [-0.1, -0.05) is 18.2 Å². The molecule has 0 radical (unpaired) electrons. The van der Waals surface area contributed by atoms with Gasteiger partial charge < -0.3 is 19.7 Å². The Balaban J connectivity index is 2.03. The van der Waals surface area contributed by atoms with Crippen LogP contribution < -0.4 is 9.47 Å². The number of hydrogen-bond acceptors (Lipinski definition) is 6. The van der Waals surface area contributed by atoms with Crippen LogP contribution >= 0.6 is 0 Å². The molecule has 0 saturated carbocycles. The number of aliphatic hydroxyl groups excluding tert-OH is 1. The molecule has 2 unspecified atom stereocenters. The molecular formula is C18H21NO6S. The second-order valence-electron chi connectivity index (χ2n) is 6.12. The minimum Gasteiger partial charge on any atom is -0.502 e. The fourth-order valence-corrected chi connectivity index (χ4v) is 4.84.